The molecular formula is C13H10Cl2N2OS. The number of halogens is 2. The van der Waals surface area contributed by atoms with Gasteiger partial charge in [0, 0.05) is 17.6 Å². The summed E-state index contributed by atoms with van der Waals surface area (Å²) in [5, 5.41) is 1.28. The number of Topliss-reactive ketones (excluding diaryl/α,β-unsaturated/α-hetero) is 1. The van der Waals surface area contributed by atoms with E-state index in [1.807, 2.05) is 24.5 Å². The smallest absolute Gasteiger partial charge is 0.188 e. The van der Waals surface area contributed by atoms with Gasteiger partial charge in [0.2, 0.25) is 0 Å². The molecule has 19 heavy (non-hydrogen) atoms. The molecule has 6 heteroatoms. The molecule has 0 spiro atoms. The Hall–Kier alpha value is -1.10. The first-order valence-corrected chi connectivity index (χ1v) is 7.43. The maximum Gasteiger partial charge on any atom is 0.188 e. The van der Waals surface area contributed by atoms with Gasteiger partial charge in [-0.05, 0) is 17.9 Å². The lowest BCUT2D eigenvalue weighted by atomic mass is 10.1. The molecule has 0 bridgehead atoms. The van der Waals surface area contributed by atoms with E-state index in [1.165, 1.54) is 18.0 Å². The number of benzene rings is 1. The Balaban J connectivity index is 2.23. The Bertz CT molecular complexity index is 619. The molecule has 1 heterocycles. The molecule has 0 aliphatic rings. The molecule has 0 saturated carbocycles. The molecule has 0 unspecified atom stereocenters. The fourth-order valence-electron chi connectivity index (χ4n) is 1.54. The van der Waals surface area contributed by atoms with E-state index in [0.29, 0.717) is 15.7 Å². The number of ketones is 1. The number of carbonyl (C=O) groups excluding carboxylic acids is 1. The molecule has 0 N–H and O–H groups in total. The fourth-order valence-corrected chi connectivity index (χ4v) is 2.37. The topological polar surface area (TPSA) is 42.9 Å². The number of nitrogens with zero attached hydrogens (tertiary/aromatic N) is 2. The lowest BCUT2D eigenvalue weighted by Crippen LogP contribution is -2.07. The minimum Gasteiger partial charge on any atom is -0.294 e. The van der Waals surface area contributed by atoms with Gasteiger partial charge in [0.1, 0.15) is 5.15 Å². The van der Waals surface area contributed by atoms with Crippen LogP contribution >= 0.6 is 35.0 Å². The maximum absolute atomic E-state index is 12.2. The number of aromatic nitrogens is 2. The second kappa shape index (κ2) is 6.37. The summed E-state index contributed by atoms with van der Waals surface area (Å²) < 4.78 is 0. The summed E-state index contributed by atoms with van der Waals surface area (Å²) in [6.07, 6.45) is 3.48. The van der Waals surface area contributed by atoms with Gasteiger partial charge >= 0.3 is 0 Å². The van der Waals surface area contributed by atoms with Crippen molar-refractivity contribution in [1.29, 1.82) is 0 Å². The minimum absolute atomic E-state index is 0.147. The zero-order valence-electron chi connectivity index (χ0n) is 10.1. The molecule has 0 aliphatic carbocycles. The lowest BCUT2D eigenvalue weighted by Gasteiger charge is -2.05. The van der Waals surface area contributed by atoms with Crippen LogP contribution in [0.3, 0.4) is 0 Å². The van der Waals surface area contributed by atoms with Crippen molar-refractivity contribution < 1.29 is 4.79 Å². The van der Waals surface area contributed by atoms with Crippen LogP contribution in [0.25, 0.3) is 0 Å². The summed E-state index contributed by atoms with van der Waals surface area (Å²) in [4.78, 5) is 20.3. The summed E-state index contributed by atoms with van der Waals surface area (Å²) >= 11 is 13.4. The SMILES string of the molecule is CSc1ncc(C(=O)Cc2ccccc2Cl)c(Cl)n1. The summed E-state index contributed by atoms with van der Waals surface area (Å²) in [6, 6.07) is 7.22. The fraction of sp³-hybridized carbons (Fsp3) is 0.154. The summed E-state index contributed by atoms with van der Waals surface area (Å²) in [6.45, 7) is 0. The molecule has 2 aromatic rings. The van der Waals surface area contributed by atoms with Crippen LogP contribution in [0.2, 0.25) is 10.2 Å². The molecule has 1 aromatic carbocycles. The van der Waals surface area contributed by atoms with E-state index in [-0.39, 0.29) is 17.4 Å². The Labute approximate surface area is 125 Å². The highest BCUT2D eigenvalue weighted by Gasteiger charge is 2.15. The first-order chi connectivity index (χ1) is 9.11. The van der Waals surface area contributed by atoms with Gasteiger partial charge in [0.05, 0.1) is 5.56 Å². The highest BCUT2D eigenvalue weighted by molar-refractivity contribution is 7.98. The van der Waals surface area contributed by atoms with Crippen LogP contribution in [0.1, 0.15) is 15.9 Å². The third-order valence-electron chi connectivity index (χ3n) is 2.51. The second-order valence-electron chi connectivity index (χ2n) is 3.75. The Morgan fingerprint density at radius 1 is 1.32 bits per heavy atom. The summed E-state index contributed by atoms with van der Waals surface area (Å²) in [7, 11) is 0. The van der Waals surface area contributed by atoms with Crippen LogP contribution in [0.15, 0.2) is 35.6 Å². The largest absolute Gasteiger partial charge is 0.294 e. The quantitative estimate of drug-likeness (QED) is 0.371. The van der Waals surface area contributed by atoms with Crippen molar-refractivity contribution in [1.82, 2.24) is 9.97 Å². The first-order valence-electron chi connectivity index (χ1n) is 5.45. The van der Waals surface area contributed by atoms with Gasteiger partial charge in [-0.1, -0.05) is 53.2 Å². The van der Waals surface area contributed by atoms with Crippen molar-refractivity contribution in [3.8, 4) is 0 Å². The third kappa shape index (κ3) is 3.47. The van der Waals surface area contributed by atoms with Gasteiger partial charge in [-0.2, -0.15) is 0 Å². The predicted molar refractivity (Wildman–Crippen MR) is 78.3 cm³/mol. The molecule has 0 amide bonds. The molecular weight excluding hydrogens is 303 g/mol. The molecule has 0 aliphatic heterocycles. The Morgan fingerprint density at radius 3 is 2.68 bits per heavy atom. The average Bonchev–Trinajstić information content (AvgIpc) is 2.41. The maximum atomic E-state index is 12.2. The highest BCUT2D eigenvalue weighted by Crippen LogP contribution is 2.21. The van der Waals surface area contributed by atoms with Gasteiger partial charge in [-0.25, -0.2) is 9.97 Å². The van der Waals surface area contributed by atoms with Crippen LogP contribution < -0.4 is 0 Å². The summed E-state index contributed by atoms with van der Waals surface area (Å²) in [5.41, 5.74) is 1.08. The molecule has 3 nitrogen and oxygen atoms in total. The van der Waals surface area contributed by atoms with Gasteiger partial charge in [-0.3, -0.25) is 4.79 Å². The van der Waals surface area contributed by atoms with Crippen molar-refractivity contribution in [2.45, 2.75) is 11.6 Å². The lowest BCUT2D eigenvalue weighted by molar-refractivity contribution is 0.0992. The number of thioether (sulfide) groups is 1. The molecule has 0 saturated heterocycles. The van der Waals surface area contributed by atoms with E-state index < -0.39 is 0 Å². The van der Waals surface area contributed by atoms with E-state index in [4.69, 9.17) is 23.2 Å². The van der Waals surface area contributed by atoms with E-state index in [0.717, 1.165) is 5.56 Å². The van der Waals surface area contributed by atoms with Crippen LogP contribution in [-0.4, -0.2) is 22.0 Å². The number of rotatable bonds is 4. The van der Waals surface area contributed by atoms with Crippen molar-refractivity contribution in [3.63, 3.8) is 0 Å². The molecule has 2 rings (SSSR count). The van der Waals surface area contributed by atoms with Gasteiger partial charge < -0.3 is 0 Å². The number of hydrogen-bond acceptors (Lipinski definition) is 4. The monoisotopic (exact) mass is 312 g/mol. The summed E-state index contributed by atoms with van der Waals surface area (Å²) in [5.74, 6) is -0.147. The molecule has 0 fully saturated rings. The zero-order valence-corrected chi connectivity index (χ0v) is 12.4. The third-order valence-corrected chi connectivity index (χ3v) is 3.73. The van der Waals surface area contributed by atoms with Gasteiger partial charge in [0.15, 0.2) is 10.9 Å². The normalized spacial score (nSPS) is 10.5. The van der Waals surface area contributed by atoms with Crippen LogP contribution in [-0.2, 0) is 6.42 Å². The first kappa shape index (κ1) is 14.3. The zero-order chi connectivity index (χ0) is 13.8. The molecule has 0 radical (unpaired) electrons. The van der Waals surface area contributed by atoms with Crippen molar-refractivity contribution in [2.24, 2.45) is 0 Å². The Morgan fingerprint density at radius 2 is 2.05 bits per heavy atom. The van der Waals surface area contributed by atoms with Crippen LogP contribution in [0, 0.1) is 0 Å². The van der Waals surface area contributed by atoms with Gasteiger partial charge in [0.25, 0.3) is 0 Å². The van der Waals surface area contributed by atoms with Gasteiger partial charge in [-0.15, -0.1) is 0 Å². The van der Waals surface area contributed by atoms with E-state index in [9.17, 15) is 4.79 Å². The molecule has 0 atom stereocenters. The molecule has 1 aromatic heterocycles. The van der Waals surface area contributed by atoms with Crippen molar-refractivity contribution in [2.75, 3.05) is 6.26 Å². The van der Waals surface area contributed by atoms with E-state index >= 15 is 0 Å². The number of carbonyl (C=O) groups is 1. The minimum atomic E-state index is -0.147. The average molecular weight is 313 g/mol. The molecule has 98 valence electrons. The van der Waals surface area contributed by atoms with Crippen molar-refractivity contribution in [3.05, 3.63) is 51.8 Å². The predicted octanol–water partition coefficient (Wildman–Crippen LogP) is 3.93. The van der Waals surface area contributed by atoms with Crippen molar-refractivity contribution >= 4 is 40.7 Å². The van der Waals surface area contributed by atoms with Crippen LogP contribution in [0.5, 0.6) is 0 Å². The van der Waals surface area contributed by atoms with Crippen LogP contribution in [0.4, 0.5) is 0 Å². The highest BCUT2D eigenvalue weighted by atomic mass is 35.5. The Kier molecular flexibility index (Phi) is 4.80. The number of hydrogen-bond donors (Lipinski definition) is 0. The van der Waals surface area contributed by atoms with E-state index in [2.05, 4.69) is 9.97 Å². The standard InChI is InChI=1S/C13H10Cl2N2OS/c1-19-13-16-7-9(12(15)17-13)11(18)6-8-4-2-3-5-10(8)14/h2-5,7H,6H2,1H3. The second-order valence-corrected chi connectivity index (χ2v) is 5.29. The van der Waals surface area contributed by atoms with E-state index in [1.54, 1.807) is 6.07 Å².